The minimum Gasteiger partial charge on any atom is -0.395 e. The molecule has 340 valence electrons. The van der Waals surface area contributed by atoms with Gasteiger partial charge in [0.05, 0.1) is 101 Å². The minimum atomic E-state index is -0.922. The maximum Gasteiger partial charge on any atom is 0.256 e. The summed E-state index contributed by atoms with van der Waals surface area (Å²) in [5.74, 6) is -4.63. The van der Waals surface area contributed by atoms with Crippen molar-refractivity contribution in [1.82, 2.24) is 19.6 Å². The lowest BCUT2D eigenvalue weighted by Gasteiger charge is -2.27. The van der Waals surface area contributed by atoms with Crippen LogP contribution in [0, 0.1) is 21.4 Å². The second kappa shape index (κ2) is 28.4. The zero-order chi connectivity index (χ0) is 46.1. The summed E-state index contributed by atoms with van der Waals surface area (Å²) in [4.78, 5) is 88.0. The van der Waals surface area contributed by atoms with Gasteiger partial charge in [-0.3, -0.25) is 28.8 Å². The Balaban J connectivity index is 2.78. The van der Waals surface area contributed by atoms with Gasteiger partial charge in [-0.25, -0.2) is 0 Å². The van der Waals surface area contributed by atoms with E-state index in [1.807, 2.05) is 0 Å². The van der Waals surface area contributed by atoms with Gasteiger partial charge in [-0.05, 0) is 136 Å². The molecule has 0 aliphatic heterocycles. The van der Waals surface area contributed by atoms with Crippen molar-refractivity contribution in [2.75, 3.05) is 116 Å². The lowest BCUT2D eigenvalue weighted by molar-refractivity contribution is -0.123. The molecule has 20 nitrogen and oxygen atoms in total. The topological polar surface area (TPSA) is 301 Å². The van der Waals surface area contributed by atoms with Gasteiger partial charge in [0.15, 0.2) is 0 Å². The Kier molecular flexibility index (Phi) is 26.3. The molecule has 0 radical (unpaired) electrons. The van der Waals surface area contributed by atoms with Crippen molar-refractivity contribution >= 4 is 182 Å². The number of aliphatic hydroxyl groups is 8. The van der Waals surface area contributed by atoms with Crippen molar-refractivity contribution in [2.24, 2.45) is 0 Å². The second-order valence-electron chi connectivity index (χ2n) is 12.4. The van der Waals surface area contributed by atoms with Crippen LogP contribution in [0.15, 0.2) is 0 Å². The van der Waals surface area contributed by atoms with Gasteiger partial charge in [-0.1, -0.05) is 0 Å². The summed E-state index contributed by atoms with van der Waals surface area (Å²) in [6.07, 6.45) is -0.875. The molecule has 0 aliphatic carbocycles. The van der Waals surface area contributed by atoms with Gasteiger partial charge in [-0.15, -0.1) is 0 Å². The molecule has 2 rings (SSSR count). The molecule has 61 heavy (non-hydrogen) atoms. The SMILES string of the molecule is O=C(CC(=O)Nc1c(I)c(C(=O)N(CCO)CCO)c(I)c(C(=O)N(CCO)CCO)c1I)Nc1c(I)c(C(=O)N(CCO)CCO)c(I)c(C(=O)N(CCO)CCO)c1I. The van der Waals surface area contributed by atoms with Crippen LogP contribution in [0.3, 0.4) is 0 Å². The Labute approximate surface area is 432 Å². The second-order valence-corrected chi connectivity index (χ2v) is 18.8. The van der Waals surface area contributed by atoms with E-state index in [1.165, 1.54) is 0 Å². The summed E-state index contributed by atoms with van der Waals surface area (Å²) in [5, 5.41) is 82.4. The van der Waals surface area contributed by atoms with Crippen LogP contribution in [0.25, 0.3) is 0 Å². The molecule has 0 saturated heterocycles. The van der Waals surface area contributed by atoms with Crippen molar-refractivity contribution in [3.8, 4) is 0 Å². The number of carbonyl (C=O) groups is 6. The average molecular weight is 1530 g/mol. The molecule has 2 aromatic rings. The van der Waals surface area contributed by atoms with E-state index in [4.69, 9.17) is 0 Å². The first-order chi connectivity index (χ1) is 29.0. The third-order valence-electron chi connectivity index (χ3n) is 8.45. The van der Waals surface area contributed by atoms with E-state index >= 15 is 0 Å². The monoisotopic (exact) mass is 1530 g/mol. The number of anilines is 2. The molecule has 0 unspecified atom stereocenters. The van der Waals surface area contributed by atoms with Crippen LogP contribution in [0.1, 0.15) is 47.9 Å². The van der Waals surface area contributed by atoms with Crippen molar-refractivity contribution in [1.29, 1.82) is 0 Å². The van der Waals surface area contributed by atoms with Crippen molar-refractivity contribution in [3.63, 3.8) is 0 Å². The van der Waals surface area contributed by atoms with Gasteiger partial charge in [0.2, 0.25) is 11.8 Å². The maximum absolute atomic E-state index is 14.0. The van der Waals surface area contributed by atoms with Crippen LogP contribution >= 0.6 is 136 Å². The van der Waals surface area contributed by atoms with E-state index in [0.717, 1.165) is 19.6 Å². The molecule has 0 aromatic heterocycles. The largest absolute Gasteiger partial charge is 0.395 e. The Hall–Kier alpha value is -0.680. The van der Waals surface area contributed by atoms with Crippen LogP contribution in [0.2, 0.25) is 0 Å². The third-order valence-corrected chi connectivity index (χ3v) is 14.9. The Bertz CT molecular complexity index is 1660. The quantitative estimate of drug-likeness (QED) is 0.0489. The van der Waals surface area contributed by atoms with Gasteiger partial charge in [0, 0.05) is 59.5 Å². The van der Waals surface area contributed by atoms with Gasteiger partial charge < -0.3 is 71.1 Å². The molecule has 0 atom stereocenters. The summed E-state index contributed by atoms with van der Waals surface area (Å²) < 4.78 is 0.888. The molecule has 0 saturated carbocycles. The van der Waals surface area contributed by atoms with Crippen LogP contribution in [-0.2, 0) is 9.59 Å². The smallest absolute Gasteiger partial charge is 0.256 e. The lowest BCUT2D eigenvalue weighted by Crippen LogP contribution is -2.39. The van der Waals surface area contributed by atoms with E-state index in [1.54, 1.807) is 136 Å². The Morgan fingerprint density at radius 1 is 0.344 bits per heavy atom. The van der Waals surface area contributed by atoms with Gasteiger partial charge in [0.1, 0.15) is 6.42 Å². The molecule has 0 aliphatic rings. The summed E-state index contributed by atoms with van der Waals surface area (Å²) in [6.45, 7) is -5.05. The Morgan fingerprint density at radius 3 is 0.689 bits per heavy atom. The molecular weight excluding hydrogens is 1490 g/mol. The zero-order valence-corrected chi connectivity index (χ0v) is 45.0. The zero-order valence-electron chi connectivity index (χ0n) is 32.1. The van der Waals surface area contributed by atoms with E-state index < -0.39 is 94.7 Å². The van der Waals surface area contributed by atoms with E-state index in [2.05, 4.69) is 10.6 Å². The summed E-state index contributed by atoms with van der Waals surface area (Å²) >= 11 is 10.8. The van der Waals surface area contributed by atoms with E-state index in [-0.39, 0.29) is 107 Å². The predicted molar refractivity (Wildman–Crippen MR) is 271 cm³/mol. The normalized spacial score (nSPS) is 11.0. The fraction of sp³-hybridized carbons (Fsp3) is 0.486. The molecule has 0 fully saturated rings. The molecule has 26 heteroatoms. The number of amides is 6. The van der Waals surface area contributed by atoms with Gasteiger partial charge in [-0.2, -0.15) is 0 Å². The van der Waals surface area contributed by atoms with E-state index in [0.29, 0.717) is 0 Å². The first-order valence-electron chi connectivity index (χ1n) is 18.0. The molecule has 0 bridgehead atoms. The van der Waals surface area contributed by atoms with Crippen LogP contribution < -0.4 is 10.6 Å². The fourth-order valence-corrected chi connectivity index (χ4v) is 14.4. The highest BCUT2D eigenvalue weighted by molar-refractivity contribution is 14.1. The van der Waals surface area contributed by atoms with Gasteiger partial charge in [0.25, 0.3) is 23.6 Å². The number of benzene rings is 2. The Morgan fingerprint density at radius 2 is 0.525 bits per heavy atom. The minimum absolute atomic E-state index is 0.0353. The fourth-order valence-electron chi connectivity index (χ4n) is 5.67. The number of halogens is 6. The summed E-state index contributed by atoms with van der Waals surface area (Å²) in [5.41, 5.74) is -0.330. The predicted octanol–water partition coefficient (Wildman–Crippen LogP) is -0.0113. The number of hydrogen-bond acceptors (Lipinski definition) is 14. The van der Waals surface area contributed by atoms with E-state index in [9.17, 15) is 69.6 Å². The third kappa shape index (κ3) is 14.7. The van der Waals surface area contributed by atoms with Crippen LogP contribution in [-0.4, -0.2) is 201 Å². The molecule has 6 amide bonds. The van der Waals surface area contributed by atoms with Crippen LogP contribution in [0.4, 0.5) is 11.4 Å². The maximum atomic E-state index is 14.0. The average Bonchev–Trinajstić information content (AvgIpc) is 3.20. The van der Waals surface area contributed by atoms with Crippen LogP contribution in [0.5, 0.6) is 0 Å². The number of aliphatic hydroxyl groups excluding tert-OH is 8. The highest BCUT2D eigenvalue weighted by atomic mass is 127. The van der Waals surface area contributed by atoms with Crippen molar-refractivity contribution in [3.05, 3.63) is 43.7 Å². The van der Waals surface area contributed by atoms with Crippen molar-refractivity contribution in [2.45, 2.75) is 6.42 Å². The first-order valence-corrected chi connectivity index (χ1v) is 24.5. The molecule has 0 heterocycles. The number of nitrogens with one attached hydrogen (secondary N) is 2. The molecular formula is C35H44I6N6O14. The highest BCUT2D eigenvalue weighted by Crippen LogP contribution is 2.39. The molecule has 10 N–H and O–H groups in total. The summed E-state index contributed by atoms with van der Waals surface area (Å²) in [6, 6.07) is 0. The molecule has 2 aromatic carbocycles. The van der Waals surface area contributed by atoms with Crippen molar-refractivity contribution < 1.29 is 69.6 Å². The summed E-state index contributed by atoms with van der Waals surface area (Å²) in [7, 11) is 0. The number of carbonyl (C=O) groups excluding carboxylic acids is 6. The van der Waals surface area contributed by atoms with Gasteiger partial charge >= 0.3 is 0 Å². The number of rotatable bonds is 24. The number of hydrogen-bond donors (Lipinski definition) is 10. The molecule has 0 spiro atoms. The standard InChI is InChI=1S/C35H44I6N6O14/c36-24-20(32(58)44(1-9-48)2-10-49)26(38)30(27(39)21(24)33(59)45(3-11-50)4-12-51)42-18(56)17-19(57)43-31-28(40)22(34(60)46(5-13-52)6-14-53)25(37)23(29(31)41)35(61)47(7-15-54)8-16-55/h48-55H,1-17H2,(H,42,56)(H,43,57). The highest BCUT2D eigenvalue weighted by Gasteiger charge is 2.35. The lowest BCUT2D eigenvalue weighted by atomic mass is 10.1. The number of nitrogens with zero attached hydrogens (tertiary/aromatic N) is 4. The first kappa shape index (κ1) is 56.4.